The maximum absolute atomic E-state index is 14.0. The van der Waals surface area contributed by atoms with Crippen molar-refractivity contribution in [1.82, 2.24) is 14.7 Å². The summed E-state index contributed by atoms with van der Waals surface area (Å²) in [5.41, 5.74) is 9.15. The number of aromatic nitrogens is 2. The maximum atomic E-state index is 14.0. The lowest BCUT2D eigenvalue weighted by Crippen LogP contribution is -2.59. The Morgan fingerprint density at radius 2 is 2.07 bits per heavy atom. The highest BCUT2D eigenvalue weighted by molar-refractivity contribution is 5.83. The van der Waals surface area contributed by atoms with Gasteiger partial charge in [0.25, 0.3) is 0 Å². The summed E-state index contributed by atoms with van der Waals surface area (Å²) >= 11 is 0. The van der Waals surface area contributed by atoms with Gasteiger partial charge in [-0.1, -0.05) is 13.8 Å². The van der Waals surface area contributed by atoms with E-state index in [0.29, 0.717) is 13.1 Å². The van der Waals surface area contributed by atoms with Crippen LogP contribution in [0, 0.1) is 36.4 Å². The number of nitrogens with two attached hydrogens (primary N) is 1. The Balaban J connectivity index is 1.65. The third-order valence-electron chi connectivity index (χ3n) is 6.49. The molecule has 1 saturated heterocycles. The van der Waals surface area contributed by atoms with Crippen molar-refractivity contribution in [2.45, 2.75) is 40.7 Å². The van der Waals surface area contributed by atoms with E-state index in [-0.39, 0.29) is 23.1 Å². The molecular formula is C21H27FN4O. The number of hydrogen-bond donors (Lipinski definition) is 1. The van der Waals surface area contributed by atoms with Crippen molar-refractivity contribution in [1.29, 1.82) is 0 Å². The number of hydrogen-bond acceptors (Lipinski definition) is 3. The van der Waals surface area contributed by atoms with Crippen LogP contribution in [0.4, 0.5) is 4.39 Å². The number of aryl methyl sites for hydroxylation is 2. The number of halogens is 1. The number of carbonyl (C=O) groups excluding carboxylic acids is 1. The van der Waals surface area contributed by atoms with Gasteiger partial charge in [0.1, 0.15) is 5.82 Å². The smallest absolute Gasteiger partial charge is 0.225 e. The first-order valence-electron chi connectivity index (χ1n) is 9.47. The fourth-order valence-corrected chi connectivity index (χ4v) is 5.44. The Morgan fingerprint density at radius 3 is 2.63 bits per heavy atom. The molecule has 4 rings (SSSR count). The molecule has 1 saturated carbocycles. The van der Waals surface area contributed by atoms with Crippen LogP contribution >= 0.6 is 0 Å². The zero-order valence-corrected chi connectivity index (χ0v) is 16.4. The fourth-order valence-electron chi connectivity index (χ4n) is 5.44. The summed E-state index contributed by atoms with van der Waals surface area (Å²) in [5, 5.41) is 4.55. The molecule has 2 N–H and O–H groups in total. The van der Waals surface area contributed by atoms with Crippen LogP contribution in [-0.2, 0) is 11.3 Å². The second-order valence-corrected chi connectivity index (χ2v) is 9.02. The van der Waals surface area contributed by atoms with Crippen LogP contribution in [0.1, 0.15) is 37.2 Å². The van der Waals surface area contributed by atoms with E-state index in [9.17, 15) is 9.18 Å². The first-order chi connectivity index (χ1) is 12.6. The van der Waals surface area contributed by atoms with E-state index in [4.69, 9.17) is 5.73 Å². The standard InChI is InChI=1S/C21H27FN4O/c1-13-7-14(2)26(24-13)17-6-5-16(22)8-15(17)9-25-10-18-20(3,4)11-21(18,12-25)19(23)27/h5-8,18H,9-12H2,1-4H3,(H2,23,27)/t18-,21+/m1/s1. The van der Waals surface area contributed by atoms with E-state index in [1.165, 1.54) is 6.07 Å². The van der Waals surface area contributed by atoms with E-state index in [0.717, 1.165) is 35.6 Å². The van der Waals surface area contributed by atoms with Crippen LogP contribution in [0.25, 0.3) is 5.69 Å². The molecule has 2 aromatic rings. The molecule has 2 fully saturated rings. The summed E-state index contributed by atoms with van der Waals surface area (Å²) in [7, 11) is 0. The Morgan fingerprint density at radius 1 is 1.33 bits per heavy atom. The van der Waals surface area contributed by atoms with Gasteiger partial charge in [-0.15, -0.1) is 0 Å². The first kappa shape index (κ1) is 18.2. The minimum atomic E-state index is -0.435. The van der Waals surface area contributed by atoms with Crippen molar-refractivity contribution < 1.29 is 9.18 Å². The molecule has 1 aromatic carbocycles. The zero-order valence-electron chi connectivity index (χ0n) is 16.4. The van der Waals surface area contributed by atoms with Crippen LogP contribution in [0.2, 0.25) is 0 Å². The fraction of sp³-hybridized carbons (Fsp3) is 0.524. The van der Waals surface area contributed by atoms with E-state index < -0.39 is 5.41 Å². The van der Waals surface area contributed by atoms with Crippen LogP contribution in [0.15, 0.2) is 24.3 Å². The molecule has 0 bridgehead atoms. The SMILES string of the molecule is Cc1cc(C)n(-c2ccc(F)cc2CN2C[C@@H]3C(C)(C)C[C@]3(C(N)=O)C2)n1. The molecule has 5 nitrogen and oxygen atoms in total. The monoisotopic (exact) mass is 370 g/mol. The van der Waals surface area contributed by atoms with Crippen LogP contribution in [0.5, 0.6) is 0 Å². The van der Waals surface area contributed by atoms with Gasteiger partial charge in [-0.05, 0) is 61.4 Å². The third-order valence-corrected chi connectivity index (χ3v) is 6.49. The Bertz CT molecular complexity index is 919. The molecule has 2 aliphatic rings. The molecule has 2 atom stereocenters. The highest BCUT2D eigenvalue weighted by Gasteiger charge is 2.65. The largest absolute Gasteiger partial charge is 0.369 e. The Kier molecular flexibility index (Phi) is 3.97. The molecule has 1 aliphatic carbocycles. The minimum absolute atomic E-state index is 0.115. The van der Waals surface area contributed by atoms with E-state index >= 15 is 0 Å². The van der Waals surface area contributed by atoms with Crippen molar-refractivity contribution in [2.24, 2.45) is 22.5 Å². The summed E-state index contributed by atoms with van der Waals surface area (Å²) in [6.07, 6.45) is 0.823. The molecule has 6 heteroatoms. The summed E-state index contributed by atoms with van der Waals surface area (Å²) in [4.78, 5) is 14.4. The maximum Gasteiger partial charge on any atom is 0.225 e. The molecule has 0 spiro atoms. The van der Waals surface area contributed by atoms with Gasteiger partial charge in [0.05, 0.1) is 16.8 Å². The summed E-state index contributed by atoms with van der Waals surface area (Å²) in [5.74, 6) is -0.206. The molecule has 0 radical (unpaired) electrons. The Labute approximate surface area is 159 Å². The third kappa shape index (κ3) is 2.78. The van der Waals surface area contributed by atoms with Gasteiger partial charge in [0.15, 0.2) is 0 Å². The second-order valence-electron chi connectivity index (χ2n) is 9.02. The number of carbonyl (C=O) groups is 1. The lowest BCUT2D eigenvalue weighted by Gasteiger charge is -2.54. The molecule has 2 heterocycles. The van der Waals surface area contributed by atoms with Gasteiger partial charge in [-0.3, -0.25) is 9.69 Å². The van der Waals surface area contributed by atoms with Gasteiger partial charge in [0, 0.05) is 25.3 Å². The van der Waals surface area contributed by atoms with Crippen molar-refractivity contribution >= 4 is 5.91 Å². The van der Waals surface area contributed by atoms with E-state index in [1.807, 2.05) is 24.6 Å². The highest BCUT2D eigenvalue weighted by atomic mass is 19.1. The number of fused-ring (bicyclic) bond motifs is 1. The highest BCUT2D eigenvalue weighted by Crippen LogP contribution is 2.62. The van der Waals surface area contributed by atoms with Crippen LogP contribution < -0.4 is 5.73 Å². The predicted molar refractivity (Wildman–Crippen MR) is 102 cm³/mol. The Hall–Kier alpha value is -2.21. The number of amides is 1. The molecule has 1 amide bonds. The van der Waals surface area contributed by atoms with Crippen LogP contribution in [-0.4, -0.2) is 33.7 Å². The van der Waals surface area contributed by atoms with Gasteiger partial charge >= 0.3 is 0 Å². The summed E-state index contributed by atoms with van der Waals surface area (Å²) in [6.45, 7) is 10.4. The van der Waals surface area contributed by atoms with Crippen molar-refractivity contribution in [3.63, 3.8) is 0 Å². The molecule has 1 aromatic heterocycles. The normalized spacial score (nSPS) is 26.6. The number of likely N-dealkylation sites (tertiary alicyclic amines) is 1. The number of benzene rings is 1. The topological polar surface area (TPSA) is 64.2 Å². The van der Waals surface area contributed by atoms with Gasteiger partial charge in [-0.25, -0.2) is 9.07 Å². The van der Waals surface area contributed by atoms with Gasteiger partial charge in [0.2, 0.25) is 5.91 Å². The quantitative estimate of drug-likeness (QED) is 0.900. The van der Waals surface area contributed by atoms with E-state index in [1.54, 1.807) is 12.1 Å². The second kappa shape index (κ2) is 5.89. The lowest BCUT2D eigenvalue weighted by atomic mass is 9.48. The minimum Gasteiger partial charge on any atom is -0.369 e. The number of nitrogens with zero attached hydrogens (tertiary/aromatic N) is 3. The van der Waals surface area contributed by atoms with Gasteiger partial charge in [-0.2, -0.15) is 5.10 Å². The summed E-state index contributed by atoms with van der Waals surface area (Å²) in [6, 6.07) is 6.83. The molecule has 1 aliphatic heterocycles. The average Bonchev–Trinajstić information content (AvgIpc) is 3.06. The van der Waals surface area contributed by atoms with Crippen molar-refractivity contribution in [3.05, 3.63) is 47.0 Å². The predicted octanol–water partition coefficient (Wildman–Crippen LogP) is 2.96. The number of rotatable bonds is 4. The molecular weight excluding hydrogens is 343 g/mol. The molecule has 144 valence electrons. The first-order valence-corrected chi connectivity index (χ1v) is 9.47. The average molecular weight is 370 g/mol. The zero-order chi connectivity index (χ0) is 19.6. The number of primary amides is 1. The van der Waals surface area contributed by atoms with Crippen molar-refractivity contribution in [2.75, 3.05) is 13.1 Å². The summed E-state index contributed by atoms with van der Waals surface area (Å²) < 4.78 is 15.9. The molecule has 0 unspecified atom stereocenters. The van der Waals surface area contributed by atoms with Crippen LogP contribution in [0.3, 0.4) is 0 Å². The van der Waals surface area contributed by atoms with E-state index in [2.05, 4.69) is 23.8 Å². The lowest BCUT2D eigenvalue weighted by molar-refractivity contribution is -0.148. The van der Waals surface area contributed by atoms with Crippen molar-refractivity contribution in [3.8, 4) is 5.69 Å². The van der Waals surface area contributed by atoms with Gasteiger partial charge < -0.3 is 5.73 Å². The molecule has 27 heavy (non-hydrogen) atoms.